The third-order valence-electron chi connectivity index (χ3n) is 4.96. The van der Waals surface area contributed by atoms with Crippen LogP contribution in [-0.4, -0.2) is 30.2 Å². The van der Waals surface area contributed by atoms with Gasteiger partial charge >= 0.3 is 0 Å². The average Bonchev–Trinajstić information content (AvgIpc) is 3.31. The first-order valence-corrected chi connectivity index (χ1v) is 11.3. The predicted octanol–water partition coefficient (Wildman–Crippen LogP) is 4.15. The van der Waals surface area contributed by atoms with Gasteiger partial charge in [-0.25, -0.2) is 4.98 Å². The molecule has 0 saturated carbocycles. The summed E-state index contributed by atoms with van der Waals surface area (Å²) in [5.74, 6) is 1.74. The van der Waals surface area contributed by atoms with Crippen LogP contribution in [0.4, 0.5) is 0 Å². The molecule has 9 heteroatoms. The molecule has 0 aliphatic carbocycles. The molecular formula is C20H22N6OS2. The fourth-order valence-electron chi connectivity index (χ4n) is 3.16. The van der Waals surface area contributed by atoms with Crippen LogP contribution in [0.25, 0.3) is 15.9 Å². The number of aromatic amines is 1. The number of thiophene rings is 1. The number of hydrogen-bond acceptors (Lipinski definition) is 7. The van der Waals surface area contributed by atoms with E-state index in [-0.39, 0.29) is 5.56 Å². The molecule has 0 fully saturated rings. The van der Waals surface area contributed by atoms with E-state index < -0.39 is 0 Å². The molecule has 7 nitrogen and oxygen atoms in total. The molecule has 1 aromatic carbocycles. The number of tetrazole rings is 1. The summed E-state index contributed by atoms with van der Waals surface area (Å²) in [6, 6.07) is 9.73. The molecule has 4 aromatic rings. The summed E-state index contributed by atoms with van der Waals surface area (Å²) >= 11 is 3.02. The number of benzene rings is 1. The maximum atomic E-state index is 12.8. The van der Waals surface area contributed by atoms with Crippen molar-refractivity contribution >= 4 is 33.3 Å². The van der Waals surface area contributed by atoms with Crippen molar-refractivity contribution in [2.45, 2.75) is 44.5 Å². The van der Waals surface area contributed by atoms with E-state index in [4.69, 9.17) is 4.98 Å². The van der Waals surface area contributed by atoms with Gasteiger partial charge in [0.15, 0.2) is 11.0 Å². The molecule has 3 heterocycles. The van der Waals surface area contributed by atoms with Crippen molar-refractivity contribution in [2.24, 2.45) is 5.92 Å². The number of nitrogens with one attached hydrogen (secondary N) is 1. The van der Waals surface area contributed by atoms with Crippen LogP contribution >= 0.6 is 23.1 Å². The molecule has 0 radical (unpaired) electrons. The number of thioether (sulfide) groups is 1. The number of nitrogens with zero attached hydrogens (tertiary/aromatic N) is 5. The predicted molar refractivity (Wildman–Crippen MR) is 117 cm³/mol. The minimum absolute atomic E-state index is 0.0668. The molecule has 0 bridgehead atoms. The minimum Gasteiger partial charge on any atom is -0.301 e. The van der Waals surface area contributed by atoms with E-state index in [9.17, 15) is 4.79 Å². The van der Waals surface area contributed by atoms with Gasteiger partial charge in [-0.15, -0.1) is 16.4 Å². The molecule has 0 saturated heterocycles. The second-order valence-corrected chi connectivity index (χ2v) is 9.20. The number of H-pyrrole nitrogens is 1. The van der Waals surface area contributed by atoms with Crippen LogP contribution in [0.1, 0.15) is 36.5 Å². The van der Waals surface area contributed by atoms with Gasteiger partial charge in [0.25, 0.3) is 5.56 Å². The van der Waals surface area contributed by atoms with Crippen LogP contribution in [0, 0.1) is 12.8 Å². The van der Waals surface area contributed by atoms with E-state index in [1.54, 1.807) is 16.0 Å². The molecule has 4 rings (SSSR count). The number of hydrogen-bond donors (Lipinski definition) is 1. The zero-order chi connectivity index (χ0) is 20.4. The summed E-state index contributed by atoms with van der Waals surface area (Å²) in [4.78, 5) is 22.4. The highest BCUT2D eigenvalue weighted by Crippen LogP contribution is 2.31. The lowest BCUT2D eigenvalue weighted by Crippen LogP contribution is -2.11. The van der Waals surface area contributed by atoms with Gasteiger partial charge < -0.3 is 4.98 Å². The molecule has 3 aromatic heterocycles. The van der Waals surface area contributed by atoms with Crippen LogP contribution in [0.15, 0.2) is 40.3 Å². The van der Waals surface area contributed by atoms with Crippen LogP contribution < -0.4 is 5.56 Å². The molecule has 1 unspecified atom stereocenters. The van der Waals surface area contributed by atoms with Crippen molar-refractivity contribution in [1.82, 2.24) is 30.2 Å². The van der Waals surface area contributed by atoms with E-state index in [0.717, 1.165) is 34.3 Å². The molecule has 0 aliphatic rings. The fourth-order valence-corrected chi connectivity index (χ4v) is 5.04. The largest absolute Gasteiger partial charge is 0.301 e. The van der Waals surface area contributed by atoms with Crippen molar-refractivity contribution in [3.63, 3.8) is 0 Å². The number of aromatic nitrogens is 6. The molecule has 0 aliphatic heterocycles. The Morgan fingerprint density at radius 3 is 2.83 bits per heavy atom. The molecule has 0 spiro atoms. The summed E-state index contributed by atoms with van der Waals surface area (Å²) in [5, 5.41) is 13.3. The van der Waals surface area contributed by atoms with Gasteiger partial charge in [0.1, 0.15) is 4.83 Å². The van der Waals surface area contributed by atoms with Gasteiger partial charge in [0.05, 0.1) is 16.8 Å². The van der Waals surface area contributed by atoms with Crippen molar-refractivity contribution in [2.75, 3.05) is 0 Å². The lowest BCUT2D eigenvalue weighted by Gasteiger charge is -2.08. The van der Waals surface area contributed by atoms with E-state index in [1.165, 1.54) is 16.6 Å². The Morgan fingerprint density at radius 1 is 1.28 bits per heavy atom. The third kappa shape index (κ3) is 4.11. The number of para-hydroxylation sites is 1. The summed E-state index contributed by atoms with van der Waals surface area (Å²) in [6.45, 7) is 6.46. The lowest BCUT2D eigenvalue weighted by atomic mass is 9.98. The van der Waals surface area contributed by atoms with Gasteiger partial charge in [-0.1, -0.05) is 50.2 Å². The summed E-state index contributed by atoms with van der Waals surface area (Å²) in [7, 11) is 0. The van der Waals surface area contributed by atoms with Crippen molar-refractivity contribution in [1.29, 1.82) is 0 Å². The van der Waals surface area contributed by atoms with E-state index in [2.05, 4.69) is 41.3 Å². The first-order valence-electron chi connectivity index (χ1n) is 9.54. The fraction of sp³-hybridized carbons (Fsp3) is 0.350. The molecule has 0 amide bonds. The van der Waals surface area contributed by atoms with Crippen molar-refractivity contribution < 1.29 is 0 Å². The van der Waals surface area contributed by atoms with E-state index >= 15 is 0 Å². The Morgan fingerprint density at radius 2 is 2.07 bits per heavy atom. The SMILES string of the molecule is CCC(C)Cc1c(C)sc2nc(SCc3nnnn3-c3ccccc3)[nH]c(=O)c12. The third-order valence-corrected chi connectivity index (χ3v) is 6.87. The van der Waals surface area contributed by atoms with Crippen molar-refractivity contribution in [3.05, 3.63) is 57.0 Å². The van der Waals surface area contributed by atoms with Crippen LogP contribution in [-0.2, 0) is 12.2 Å². The average molecular weight is 427 g/mol. The quantitative estimate of drug-likeness (QED) is 0.353. The molecule has 29 heavy (non-hydrogen) atoms. The number of rotatable bonds is 7. The highest BCUT2D eigenvalue weighted by molar-refractivity contribution is 7.98. The van der Waals surface area contributed by atoms with Crippen molar-refractivity contribution in [3.8, 4) is 5.69 Å². The van der Waals surface area contributed by atoms with Gasteiger partial charge in [0.2, 0.25) is 0 Å². The van der Waals surface area contributed by atoms with Crippen LogP contribution in [0.2, 0.25) is 0 Å². The molecule has 1 N–H and O–H groups in total. The Bertz CT molecular complexity index is 1180. The molecule has 1 atom stereocenters. The molecule has 150 valence electrons. The number of fused-ring (bicyclic) bond motifs is 1. The smallest absolute Gasteiger partial charge is 0.260 e. The van der Waals surface area contributed by atoms with Crippen LogP contribution in [0.5, 0.6) is 0 Å². The number of aryl methyl sites for hydroxylation is 1. The zero-order valence-corrected chi connectivity index (χ0v) is 18.2. The Labute approximate surface area is 176 Å². The maximum Gasteiger partial charge on any atom is 0.260 e. The second-order valence-electron chi connectivity index (χ2n) is 7.04. The van der Waals surface area contributed by atoms with E-state index in [0.29, 0.717) is 22.7 Å². The minimum atomic E-state index is -0.0668. The standard InChI is InChI=1S/C20H22N6OS2/c1-4-12(2)10-15-13(3)29-19-17(15)18(27)21-20(22-19)28-11-16-23-24-25-26(16)14-8-6-5-7-9-14/h5-9,12H,4,10-11H2,1-3H3,(H,21,22,27). The van der Waals surface area contributed by atoms with Gasteiger partial charge in [-0.2, -0.15) is 4.68 Å². The summed E-state index contributed by atoms with van der Waals surface area (Å²) in [6.07, 6.45) is 2.00. The summed E-state index contributed by atoms with van der Waals surface area (Å²) in [5.41, 5.74) is 1.97. The van der Waals surface area contributed by atoms with Gasteiger partial charge in [-0.05, 0) is 47.4 Å². The summed E-state index contributed by atoms with van der Waals surface area (Å²) < 4.78 is 1.70. The highest BCUT2D eigenvalue weighted by atomic mass is 32.2. The lowest BCUT2D eigenvalue weighted by molar-refractivity contribution is 0.561. The second kappa shape index (κ2) is 8.46. The first-order chi connectivity index (χ1) is 14.1. The Balaban J connectivity index is 1.59. The van der Waals surface area contributed by atoms with Gasteiger partial charge in [0, 0.05) is 4.88 Å². The highest BCUT2D eigenvalue weighted by Gasteiger charge is 2.17. The van der Waals surface area contributed by atoms with E-state index in [1.807, 2.05) is 30.3 Å². The first kappa shape index (κ1) is 19.8. The van der Waals surface area contributed by atoms with Gasteiger partial charge in [-0.3, -0.25) is 4.79 Å². The Kier molecular flexibility index (Phi) is 5.77. The Hall–Kier alpha value is -2.52. The van der Waals surface area contributed by atoms with Crippen LogP contribution in [0.3, 0.4) is 0 Å². The monoisotopic (exact) mass is 426 g/mol. The molecular weight excluding hydrogens is 404 g/mol. The normalized spacial score (nSPS) is 12.5. The maximum absolute atomic E-state index is 12.8. The zero-order valence-electron chi connectivity index (χ0n) is 16.5. The topological polar surface area (TPSA) is 89.3 Å².